The quantitative estimate of drug-likeness (QED) is 0.701. The predicted octanol–water partition coefficient (Wildman–Crippen LogP) is 4.79. The molecule has 1 aromatic carbocycles. The summed E-state index contributed by atoms with van der Waals surface area (Å²) in [6.45, 7) is 7.75. The van der Waals surface area contributed by atoms with E-state index in [0.717, 1.165) is 18.6 Å². The van der Waals surface area contributed by atoms with Gasteiger partial charge in [0.2, 0.25) is 0 Å². The second-order valence-electron chi connectivity index (χ2n) is 7.54. The number of halogens is 3. The van der Waals surface area contributed by atoms with E-state index in [-0.39, 0.29) is 21.9 Å². The molecule has 0 radical (unpaired) electrons. The highest BCUT2D eigenvalue weighted by molar-refractivity contribution is 6.36. The Labute approximate surface area is 156 Å². The Morgan fingerprint density at radius 1 is 1.35 bits per heavy atom. The SMILES string of the molecule is Cc1c(N2CCCC2C(=O)OC(C)(C)C)nc2cc(F)cc(F)c2c1Cl. The topological polar surface area (TPSA) is 42.4 Å². The highest BCUT2D eigenvalue weighted by Gasteiger charge is 2.36. The molecule has 1 aliphatic heterocycles. The molecule has 0 saturated carbocycles. The number of benzene rings is 1. The molecule has 1 unspecified atom stereocenters. The summed E-state index contributed by atoms with van der Waals surface area (Å²) in [7, 11) is 0. The molecule has 4 nitrogen and oxygen atoms in total. The number of hydrogen-bond donors (Lipinski definition) is 0. The van der Waals surface area contributed by atoms with E-state index >= 15 is 0 Å². The van der Waals surface area contributed by atoms with Crippen molar-refractivity contribution >= 4 is 34.3 Å². The molecular weight excluding hydrogens is 362 g/mol. The Kier molecular flexibility index (Phi) is 4.82. The van der Waals surface area contributed by atoms with Gasteiger partial charge in [0.1, 0.15) is 29.1 Å². The molecule has 3 rings (SSSR count). The first-order valence-corrected chi connectivity index (χ1v) is 8.90. The smallest absolute Gasteiger partial charge is 0.329 e. The van der Waals surface area contributed by atoms with Gasteiger partial charge in [-0.2, -0.15) is 0 Å². The molecule has 2 aromatic rings. The van der Waals surface area contributed by atoms with Crippen LogP contribution in [-0.2, 0) is 9.53 Å². The third-order valence-electron chi connectivity index (χ3n) is 4.35. The first kappa shape index (κ1) is 18.8. The molecule has 26 heavy (non-hydrogen) atoms. The summed E-state index contributed by atoms with van der Waals surface area (Å²) in [6.07, 6.45) is 1.42. The predicted molar refractivity (Wildman–Crippen MR) is 97.6 cm³/mol. The molecule has 0 bridgehead atoms. The van der Waals surface area contributed by atoms with Gasteiger partial charge >= 0.3 is 5.97 Å². The zero-order valence-electron chi connectivity index (χ0n) is 15.2. The number of rotatable bonds is 2. The van der Waals surface area contributed by atoms with Crippen LogP contribution >= 0.6 is 11.6 Å². The van der Waals surface area contributed by atoms with Crippen molar-refractivity contribution in [3.63, 3.8) is 0 Å². The van der Waals surface area contributed by atoms with Crippen molar-refractivity contribution < 1.29 is 18.3 Å². The van der Waals surface area contributed by atoms with Crippen molar-refractivity contribution in [1.82, 2.24) is 4.98 Å². The summed E-state index contributed by atoms with van der Waals surface area (Å²) in [5.74, 6) is -1.35. The van der Waals surface area contributed by atoms with Gasteiger partial charge in [0, 0.05) is 24.2 Å². The summed E-state index contributed by atoms with van der Waals surface area (Å²) in [5, 5.41) is 0.264. The standard InChI is InChI=1S/C19H21ClF2N2O2/c1-10-16(20)15-12(22)8-11(21)9-13(15)23-17(10)24-7-5-6-14(24)18(25)26-19(2,3)4/h8-9,14H,5-7H2,1-4H3. The molecule has 2 heterocycles. The molecule has 1 saturated heterocycles. The first-order chi connectivity index (χ1) is 12.1. The molecule has 0 aliphatic carbocycles. The van der Waals surface area contributed by atoms with Crippen molar-refractivity contribution in [2.45, 2.75) is 52.2 Å². The minimum absolute atomic E-state index is 0.0855. The van der Waals surface area contributed by atoms with E-state index in [1.54, 1.807) is 6.92 Å². The number of ether oxygens (including phenoxy) is 1. The van der Waals surface area contributed by atoms with Crippen molar-refractivity contribution in [3.05, 3.63) is 34.4 Å². The van der Waals surface area contributed by atoms with Gasteiger partial charge in [0.25, 0.3) is 0 Å². The number of pyridine rings is 1. The molecule has 0 N–H and O–H groups in total. The first-order valence-electron chi connectivity index (χ1n) is 8.53. The third kappa shape index (κ3) is 3.47. The fourth-order valence-corrected chi connectivity index (χ4v) is 3.54. The lowest BCUT2D eigenvalue weighted by Crippen LogP contribution is -2.41. The second-order valence-corrected chi connectivity index (χ2v) is 7.92. The normalized spacial score (nSPS) is 17.8. The van der Waals surface area contributed by atoms with Crippen LogP contribution in [0.5, 0.6) is 0 Å². The van der Waals surface area contributed by atoms with E-state index in [1.807, 2.05) is 25.7 Å². The van der Waals surface area contributed by atoms with Crippen molar-refractivity contribution in [3.8, 4) is 0 Å². The molecule has 1 aliphatic rings. The molecule has 7 heteroatoms. The van der Waals surface area contributed by atoms with E-state index < -0.39 is 23.3 Å². The largest absolute Gasteiger partial charge is 0.458 e. The second kappa shape index (κ2) is 6.65. The Balaban J connectivity index is 2.07. The van der Waals surface area contributed by atoms with Crippen molar-refractivity contribution in [1.29, 1.82) is 0 Å². The molecule has 0 spiro atoms. The number of hydrogen-bond acceptors (Lipinski definition) is 4. The number of nitrogens with zero attached hydrogens (tertiary/aromatic N) is 2. The van der Waals surface area contributed by atoms with Crippen LogP contribution in [0, 0.1) is 18.6 Å². The van der Waals surface area contributed by atoms with Crippen LogP contribution in [0.2, 0.25) is 5.02 Å². The van der Waals surface area contributed by atoms with E-state index in [1.165, 1.54) is 0 Å². The van der Waals surface area contributed by atoms with Crippen LogP contribution in [0.3, 0.4) is 0 Å². The molecule has 140 valence electrons. The minimum atomic E-state index is -0.753. The van der Waals surface area contributed by atoms with E-state index in [4.69, 9.17) is 16.3 Å². The average molecular weight is 383 g/mol. The number of aromatic nitrogens is 1. The molecule has 1 fully saturated rings. The van der Waals surface area contributed by atoms with Gasteiger partial charge in [-0.3, -0.25) is 0 Å². The minimum Gasteiger partial charge on any atom is -0.458 e. The van der Waals surface area contributed by atoms with E-state index in [2.05, 4.69) is 4.98 Å². The Morgan fingerprint density at radius 2 is 2.04 bits per heavy atom. The fraction of sp³-hybridized carbons (Fsp3) is 0.474. The van der Waals surface area contributed by atoms with Gasteiger partial charge in [0.15, 0.2) is 0 Å². The van der Waals surface area contributed by atoms with Gasteiger partial charge in [-0.15, -0.1) is 0 Å². The average Bonchev–Trinajstić information content (AvgIpc) is 2.97. The van der Waals surface area contributed by atoms with Gasteiger partial charge in [-0.05, 0) is 40.5 Å². The van der Waals surface area contributed by atoms with Crippen LogP contribution in [0.15, 0.2) is 12.1 Å². The van der Waals surface area contributed by atoms with Crippen molar-refractivity contribution in [2.24, 2.45) is 0 Å². The number of esters is 1. The zero-order chi connectivity index (χ0) is 19.2. The highest BCUT2D eigenvalue weighted by Crippen LogP contribution is 2.37. The van der Waals surface area contributed by atoms with E-state index in [9.17, 15) is 13.6 Å². The number of carbonyl (C=O) groups is 1. The van der Waals surface area contributed by atoms with Crippen LogP contribution in [0.25, 0.3) is 10.9 Å². The molecule has 1 aromatic heterocycles. The third-order valence-corrected chi connectivity index (χ3v) is 4.82. The maximum absolute atomic E-state index is 14.1. The summed E-state index contributed by atoms with van der Waals surface area (Å²) in [5.41, 5.74) is 0.0873. The van der Waals surface area contributed by atoms with Gasteiger partial charge in [-0.25, -0.2) is 18.6 Å². The maximum atomic E-state index is 14.1. The molecule has 1 atom stereocenters. The monoisotopic (exact) mass is 382 g/mol. The maximum Gasteiger partial charge on any atom is 0.329 e. The fourth-order valence-electron chi connectivity index (χ4n) is 3.26. The molecular formula is C19H21ClF2N2O2. The van der Waals surface area contributed by atoms with Gasteiger partial charge in [0.05, 0.1) is 15.9 Å². The van der Waals surface area contributed by atoms with Crippen LogP contribution in [-0.4, -0.2) is 29.1 Å². The summed E-state index contributed by atoms with van der Waals surface area (Å²) in [6, 6.07) is 1.44. The summed E-state index contributed by atoms with van der Waals surface area (Å²) in [4.78, 5) is 18.8. The Hall–Kier alpha value is -1.95. The van der Waals surface area contributed by atoms with Crippen LogP contribution < -0.4 is 4.90 Å². The lowest BCUT2D eigenvalue weighted by atomic mass is 10.1. The van der Waals surface area contributed by atoms with E-state index in [0.29, 0.717) is 24.3 Å². The van der Waals surface area contributed by atoms with Crippen LogP contribution in [0.1, 0.15) is 39.2 Å². The number of fused-ring (bicyclic) bond motifs is 1. The van der Waals surface area contributed by atoms with Gasteiger partial charge < -0.3 is 9.64 Å². The lowest BCUT2D eigenvalue weighted by molar-refractivity contribution is -0.156. The van der Waals surface area contributed by atoms with Crippen molar-refractivity contribution in [2.75, 3.05) is 11.4 Å². The number of anilines is 1. The Morgan fingerprint density at radius 3 is 2.69 bits per heavy atom. The zero-order valence-corrected chi connectivity index (χ0v) is 16.0. The highest BCUT2D eigenvalue weighted by atomic mass is 35.5. The summed E-state index contributed by atoms with van der Waals surface area (Å²) >= 11 is 6.36. The lowest BCUT2D eigenvalue weighted by Gasteiger charge is -2.29. The molecule has 0 amide bonds. The van der Waals surface area contributed by atoms with Crippen LogP contribution in [0.4, 0.5) is 14.6 Å². The van der Waals surface area contributed by atoms with Gasteiger partial charge in [-0.1, -0.05) is 11.6 Å². The summed E-state index contributed by atoms with van der Waals surface area (Å²) < 4.78 is 33.3. The number of carbonyl (C=O) groups excluding carboxylic acids is 1. The Bertz CT molecular complexity index is 880.